The van der Waals surface area contributed by atoms with Crippen LogP contribution in [0.15, 0.2) is 42.5 Å². The Morgan fingerprint density at radius 1 is 1.16 bits per heavy atom. The number of hydrogen-bond acceptors (Lipinski definition) is 5. The van der Waals surface area contributed by atoms with Crippen molar-refractivity contribution >= 4 is 28.9 Å². The Bertz CT molecular complexity index is 923. The molecule has 2 aliphatic heterocycles. The number of halogens is 1. The standard InChI is InChI=1S/C24H30ClN3O3/c1-30-13-5-10-26-24(29)19-14-17-6-3-4-7-20(17)28-12-11-27(16-22(19)28)21-15-18(25)8-9-23(21)31-2/h3-4,6-9,15,19,22H,5,10-14,16H2,1-2H3,(H,26,29)/t19-,22+/m0/s1. The van der Waals surface area contributed by atoms with Gasteiger partial charge in [0.05, 0.1) is 24.8 Å². The molecule has 6 nitrogen and oxygen atoms in total. The van der Waals surface area contributed by atoms with Crippen molar-refractivity contribution < 1.29 is 14.3 Å². The zero-order valence-corrected chi connectivity index (χ0v) is 18.9. The summed E-state index contributed by atoms with van der Waals surface area (Å²) in [5, 5.41) is 3.81. The van der Waals surface area contributed by atoms with Crippen LogP contribution in [-0.4, -0.2) is 59.0 Å². The lowest BCUT2D eigenvalue weighted by Gasteiger charge is -2.49. The van der Waals surface area contributed by atoms with Crippen molar-refractivity contribution in [3.05, 3.63) is 53.1 Å². The first-order valence-corrected chi connectivity index (χ1v) is 11.2. The second-order valence-corrected chi connectivity index (χ2v) is 8.54. The lowest BCUT2D eigenvalue weighted by Crippen LogP contribution is -2.61. The fourth-order valence-electron chi connectivity index (χ4n) is 4.75. The van der Waals surface area contributed by atoms with E-state index in [0.717, 1.165) is 43.9 Å². The van der Waals surface area contributed by atoms with Crippen LogP contribution in [0.5, 0.6) is 5.75 Å². The number of amides is 1. The first-order chi connectivity index (χ1) is 15.1. The minimum absolute atomic E-state index is 0.0785. The van der Waals surface area contributed by atoms with Gasteiger partial charge in [0.2, 0.25) is 5.91 Å². The summed E-state index contributed by atoms with van der Waals surface area (Å²) in [4.78, 5) is 17.9. The quantitative estimate of drug-likeness (QED) is 0.665. The number of rotatable bonds is 7. The molecule has 1 N–H and O–H groups in total. The van der Waals surface area contributed by atoms with E-state index < -0.39 is 0 Å². The maximum absolute atomic E-state index is 13.2. The van der Waals surface area contributed by atoms with Gasteiger partial charge in [0.1, 0.15) is 5.75 Å². The number of benzene rings is 2. The largest absolute Gasteiger partial charge is 0.495 e. The monoisotopic (exact) mass is 443 g/mol. The summed E-state index contributed by atoms with van der Waals surface area (Å²) in [5.41, 5.74) is 3.46. The van der Waals surface area contributed by atoms with Gasteiger partial charge in [-0.25, -0.2) is 0 Å². The van der Waals surface area contributed by atoms with E-state index in [-0.39, 0.29) is 17.9 Å². The molecule has 2 atom stereocenters. The Kier molecular flexibility index (Phi) is 6.88. The summed E-state index contributed by atoms with van der Waals surface area (Å²) in [6.45, 7) is 3.69. The van der Waals surface area contributed by atoms with Crippen LogP contribution in [0.4, 0.5) is 11.4 Å². The van der Waals surface area contributed by atoms with Crippen molar-refractivity contribution in [3.63, 3.8) is 0 Å². The van der Waals surface area contributed by atoms with Crippen molar-refractivity contribution in [1.82, 2.24) is 5.32 Å². The number of carbonyl (C=O) groups excluding carboxylic acids is 1. The van der Waals surface area contributed by atoms with E-state index in [4.69, 9.17) is 21.1 Å². The van der Waals surface area contributed by atoms with Crippen molar-refractivity contribution in [2.75, 3.05) is 56.8 Å². The number of hydrogen-bond donors (Lipinski definition) is 1. The van der Waals surface area contributed by atoms with Gasteiger partial charge in [-0.15, -0.1) is 0 Å². The summed E-state index contributed by atoms with van der Waals surface area (Å²) in [5.74, 6) is 0.792. The lowest BCUT2D eigenvalue weighted by atomic mass is 9.83. The lowest BCUT2D eigenvalue weighted by molar-refractivity contribution is -0.125. The van der Waals surface area contributed by atoms with Crippen LogP contribution in [0.3, 0.4) is 0 Å². The minimum atomic E-state index is -0.120. The molecule has 2 heterocycles. The van der Waals surface area contributed by atoms with Gasteiger partial charge in [0.25, 0.3) is 0 Å². The summed E-state index contributed by atoms with van der Waals surface area (Å²) >= 11 is 6.29. The average Bonchev–Trinajstić information content (AvgIpc) is 2.80. The number of piperazine rings is 1. The number of methoxy groups -OCH3 is 2. The summed E-state index contributed by atoms with van der Waals surface area (Å²) in [6.07, 6.45) is 1.56. The topological polar surface area (TPSA) is 54.0 Å². The maximum atomic E-state index is 13.2. The van der Waals surface area contributed by atoms with Gasteiger partial charge in [0.15, 0.2) is 0 Å². The highest BCUT2D eigenvalue weighted by molar-refractivity contribution is 6.30. The zero-order valence-electron chi connectivity index (χ0n) is 18.1. The molecule has 0 radical (unpaired) electrons. The first kappa shape index (κ1) is 21.8. The van der Waals surface area contributed by atoms with Crippen LogP contribution >= 0.6 is 11.6 Å². The number of nitrogens with zero attached hydrogens (tertiary/aromatic N) is 2. The SMILES string of the molecule is COCCCNC(=O)[C@H]1Cc2ccccc2N2CCN(c3cc(Cl)ccc3OC)C[C@H]12. The van der Waals surface area contributed by atoms with Crippen molar-refractivity contribution in [3.8, 4) is 5.75 Å². The summed E-state index contributed by atoms with van der Waals surface area (Å²) in [6, 6.07) is 14.2. The predicted molar refractivity (Wildman–Crippen MR) is 124 cm³/mol. The van der Waals surface area contributed by atoms with Crippen LogP contribution < -0.4 is 19.9 Å². The van der Waals surface area contributed by atoms with Gasteiger partial charge in [0, 0.05) is 50.6 Å². The highest BCUT2D eigenvalue weighted by Crippen LogP contribution is 2.39. The first-order valence-electron chi connectivity index (χ1n) is 10.8. The third kappa shape index (κ3) is 4.60. The second kappa shape index (κ2) is 9.79. The van der Waals surface area contributed by atoms with Gasteiger partial charge in [-0.2, -0.15) is 0 Å². The van der Waals surface area contributed by atoms with Crippen LogP contribution in [0.2, 0.25) is 5.02 Å². The van der Waals surface area contributed by atoms with E-state index in [0.29, 0.717) is 18.2 Å². The number of ether oxygens (including phenoxy) is 2. The molecule has 2 aromatic carbocycles. The van der Waals surface area contributed by atoms with Gasteiger partial charge in [-0.1, -0.05) is 29.8 Å². The molecule has 1 fully saturated rings. The van der Waals surface area contributed by atoms with Crippen LogP contribution in [0, 0.1) is 5.92 Å². The van der Waals surface area contributed by atoms with Crippen molar-refractivity contribution in [2.45, 2.75) is 18.9 Å². The Hall–Kier alpha value is -2.44. The molecular weight excluding hydrogens is 414 g/mol. The molecule has 1 saturated heterocycles. The molecule has 1 amide bonds. The number of fused-ring (bicyclic) bond motifs is 3. The van der Waals surface area contributed by atoms with Gasteiger partial charge < -0.3 is 24.6 Å². The van der Waals surface area contributed by atoms with Crippen molar-refractivity contribution in [1.29, 1.82) is 0 Å². The second-order valence-electron chi connectivity index (χ2n) is 8.10. The maximum Gasteiger partial charge on any atom is 0.225 e. The molecule has 0 bridgehead atoms. The highest BCUT2D eigenvalue weighted by atomic mass is 35.5. The summed E-state index contributed by atoms with van der Waals surface area (Å²) < 4.78 is 10.7. The fraction of sp³-hybridized carbons (Fsp3) is 0.458. The Balaban J connectivity index is 1.60. The third-order valence-electron chi connectivity index (χ3n) is 6.27. The van der Waals surface area contributed by atoms with Crippen molar-refractivity contribution in [2.24, 2.45) is 5.92 Å². The highest BCUT2D eigenvalue weighted by Gasteiger charge is 2.41. The number of carbonyl (C=O) groups is 1. The van der Waals surface area contributed by atoms with Gasteiger partial charge in [-0.05, 0) is 42.7 Å². The number of anilines is 2. The minimum Gasteiger partial charge on any atom is -0.495 e. The van der Waals surface area contributed by atoms with Gasteiger partial charge >= 0.3 is 0 Å². The molecule has 2 aliphatic rings. The molecule has 0 aliphatic carbocycles. The number of nitrogens with one attached hydrogen (secondary N) is 1. The molecule has 0 spiro atoms. The Morgan fingerprint density at radius 3 is 2.81 bits per heavy atom. The Morgan fingerprint density at radius 2 is 2.00 bits per heavy atom. The van der Waals surface area contributed by atoms with Crippen LogP contribution in [0.25, 0.3) is 0 Å². The molecule has 0 unspecified atom stereocenters. The van der Waals surface area contributed by atoms with E-state index in [1.54, 1.807) is 14.2 Å². The zero-order chi connectivity index (χ0) is 21.8. The summed E-state index contributed by atoms with van der Waals surface area (Å²) in [7, 11) is 3.36. The molecule has 4 rings (SSSR count). The van der Waals surface area contributed by atoms with Gasteiger partial charge in [-0.3, -0.25) is 4.79 Å². The van der Waals surface area contributed by atoms with Crippen LogP contribution in [0.1, 0.15) is 12.0 Å². The van der Waals surface area contributed by atoms with E-state index in [1.165, 1.54) is 11.3 Å². The van der Waals surface area contributed by atoms with Crippen LogP contribution in [-0.2, 0) is 16.0 Å². The predicted octanol–water partition coefficient (Wildman–Crippen LogP) is 3.37. The van der Waals surface area contributed by atoms with E-state index in [1.807, 2.05) is 18.2 Å². The van der Waals surface area contributed by atoms with E-state index in [2.05, 4.69) is 39.4 Å². The fourth-order valence-corrected chi connectivity index (χ4v) is 4.91. The third-order valence-corrected chi connectivity index (χ3v) is 6.50. The van der Waals surface area contributed by atoms with E-state index >= 15 is 0 Å². The average molecular weight is 444 g/mol. The Labute approximate surface area is 189 Å². The molecule has 2 aromatic rings. The normalized spacial score (nSPS) is 20.1. The molecular formula is C24H30ClN3O3. The molecule has 166 valence electrons. The van der Waals surface area contributed by atoms with E-state index in [9.17, 15) is 4.79 Å². The smallest absolute Gasteiger partial charge is 0.225 e. The molecule has 0 aromatic heterocycles. The molecule has 7 heteroatoms. The number of para-hydroxylation sites is 1. The molecule has 0 saturated carbocycles. The molecule has 31 heavy (non-hydrogen) atoms.